The van der Waals surface area contributed by atoms with E-state index in [0.29, 0.717) is 18.2 Å². The van der Waals surface area contributed by atoms with E-state index in [1.165, 1.54) is 25.7 Å². The molecular formula is C15H30N2O. The van der Waals surface area contributed by atoms with Crippen LogP contribution < -0.4 is 5.32 Å². The van der Waals surface area contributed by atoms with Crippen LogP contribution in [-0.2, 0) is 4.74 Å². The van der Waals surface area contributed by atoms with Gasteiger partial charge in [-0.25, -0.2) is 0 Å². The standard InChI is InChI=1S/C15H30N2O/c1-4-14(9-13-5-6-13)16-10-15-11-17(12(2)3)7-8-18-15/h12-16H,4-11H2,1-3H3. The summed E-state index contributed by atoms with van der Waals surface area (Å²) in [6.07, 6.45) is 5.92. The van der Waals surface area contributed by atoms with Crippen LogP contribution in [0.15, 0.2) is 0 Å². The van der Waals surface area contributed by atoms with E-state index in [4.69, 9.17) is 4.74 Å². The van der Waals surface area contributed by atoms with Crippen molar-refractivity contribution in [2.45, 2.75) is 64.6 Å². The van der Waals surface area contributed by atoms with Gasteiger partial charge >= 0.3 is 0 Å². The molecule has 2 unspecified atom stereocenters. The maximum Gasteiger partial charge on any atom is 0.0826 e. The summed E-state index contributed by atoms with van der Waals surface area (Å²) in [6.45, 7) is 10.9. The Kier molecular flexibility index (Phi) is 5.46. The van der Waals surface area contributed by atoms with Gasteiger partial charge in [0.05, 0.1) is 12.7 Å². The Labute approximate surface area is 112 Å². The summed E-state index contributed by atoms with van der Waals surface area (Å²) in [5.74, 6) is 1.02. The maximum absolute atomic E-state index is 5.87. The molecule has 1 aliphatic heterocycles. The second-order valence-corrected chi connectivity index (χ2v) is 6.27. The monoisotopic (exact) mass is 254 g/mol. The van der Waals surface area contributed by atoms with Crippen molar-refractivity contribution in [1.29, 1.82) is 0 Å². The number of nitrogens with one attached hydrogen (secondary N) is 1. The highest BCUT2D eigenvalue weighted by molar-refractivity contribution is 4.82. The fourth-order valence-corrected chi connectivity index (χ4v) is 2.78. The Bertz CT molecular complexity index is 241. The second kappa shape index (κ2) is 6.88. The highest BCUT2D eigenvalue weighted by Crippen LogP contribution is 2.34. The van der Waals surface area contributed by atoms with E-state index >= 15 is 0 Å². The Morgan fingerprint density at radius 1 is 1.33 bits per heavy atom. The number of rotatable bonds is 7. The van der Waals surface area contributed by atoms with Crippen molar-refractivity contribution in [2.24, 2.45) is 5.92 Å². The van der Waals surface area contributed by atoms with E-state index in [9.17, 15) is 0 Å². The van der Waals surface area contributed by atoms with Gasteiger partial charge in [-0.15, -0.1) is 0 Å². The molecule has 2 rings (SSSR count). The third kappa shape index (κ3) is 4.52. The highest BCUT2D eigenvalue weighted by Gasteiger charge is 2.26. The highest BCUT2D eigenvalue weighted by atomic mass is 16.5. The van der Waals surface area contributed by atoms with Gasteiger partial charge in [0, 0.05) is 31.7 Å². The minimum atomic E-state index is 0.384. The van der Waals surface area contributed by atoms with Crippen LogP contribution >= 0.6 is 0 Å². The molecule has 2 aliphatic rings. The molecule has 18 heavy (non-hydrogen) atoms. The van der Waals surface area contributed by atoms with E-state index in [-0.39, 0.29) is 0 Å². The van der Waals surface area contributed by atoms with Crippen LogP contribution in [0.25, 0.3) is 0 Å². The number of ether oxygens (including phenoxy) is 1. The predicted molar refractivity (Wildman–Crippen MR) is 75.9 cm³/mol. The molecule has 0 radical (unpaired) electrons. The van der Waals surface area contributed by atoms with Gasteiger partial charge in [0.25, 0.3) is 0 Å². The molecule has 0 spiro atoms. The normalized spacial score (nSPS) is 27.7. The second-order valence-electron chi connectivity index (χ2n) is 6.27. The lowest BCUT2D eigenvalue weighted by Crippen LogP contribution is -2.50. The number of hydrogen-bond donors (Lipinski definition) is 1. The topological polar surface area (TPSA) is 24.5 Å². The molecule has 0 aromatic heterocycles. The lowest BCUT2D eigenvalue weighted by Gasteiger charge is -2.36. The Balaban J connectivity index is 1.67. The number of morpholine rings is 1. The SMILES string of the molecule is CCC(CC1CC1)NCC1CN(C(C)C)CCO1. The summed E-state index contributed by atoms with van der Waals surface area (Å²) < 4.78 is 5.87. The number of nitrogens with zero attached hydrogens (tertiary/aromatic N) is 1. The molecule has 2 atom stereocenters. The molecule has 1 saturated carbocycles. The van der Waals surface area contributed by atoms with Crippen LogP contribution in [0.2, 0.25) is 0 Å². The van der Waals surface area contributed by atoms with Crippen LogP contribution in [0.1, 0.15) is 46.5 Å². The summed E-state index contributed by atoms with van der Waals surface area (Å²) in [5, 5.41) is 3.72. The molecule has 1 N–H and O–H groups in total. The number of hydrogen-bond acceptors (Lipinski definition) is 3. The van der Waals surface area contributed by atoms with Crippen molar-refractivity contribution in [3.05, 3.63) is 0 Å². The van der Waals surface area contributed by atoms with Gasteiger partial charge in [-0.05, 0) is 32.6 Å². The van der Waals surface area contributed by atoms with Crippen molar-refractivity contribution in [2.75, 3.05) is 26.2 Å². The van der Waals surface area contributed by atoms with E-state index < -0.39 is 0 Å². The zero-order valence-electron chi connectivity index (χ0n) is 12.3. The van der Waals surface area contributed by atoms with Crippen LogP contribution in [0.3, 0.4) is 0 Å². The summed E-state index contributed by atoms with van der Waals surface area (Å²) in [5.41, 5.74) is 0. The maximum atomic E-state index is 5.87. The summed E-state index contributed by atoms with van der Waals surface area (Å²) >= 11 is 0. The summed E-state index contributed by atoms with van der Waals surface area (Å²) in [7, 11) is 0. The Morgan fingerprint density at radius 3 is 2.72 bits per heavy atom. The van der Waals surface area contributed by atoms with Gasteiger partial charge in [-0.2, -0.15) is 0 Å². The molecule has 3 heteroatoms. The van der Waals surface area contributed by atoms with E-state index in [1.54, 1.807) is 0 Å². The average Bonchev–Trinajstić information content (AvgIpc) is 3.18. The van der Waals surface area contributed by atoms with Crippen molar-refractivity contribution in [1.82, 2.24) is 10.2 Å². The van der Waals surface area contributed by atoms with Crippen molar-refractivity contribution < 1.29 is 4.74 Å². The molecule has 2 fully saturated rings. The van der Waals surface area contributed by atoms with Crippen molar-refractivity contribution >= 4 is 0 Å². The van der Waals surface area contributed by atoms with Gasteiger partial charge < -0.3 is 10.1 Å². The molecule has 1 saturated heterocycles. The molecule has 0 amide bonds. The molecule has 106 valence electrons. The first kappa shape index (κ1) is 14.3. The molecule has 0 aromatic carbocycles. The van der Waals surface area contributed by atoms with Crippen LogP contribution in [0, 0.1) is 5.92 Å². The van der Waals surface area contributed by atoms with E-state index in [0.717, 1.165) is 32.2 Å². The minimum Gasteiger partial charge on any atom is -0.374 e. The zero-order chi connectivity index (χ0) is 13.0. The summed E-state index contributed by atoms with van der Waals surface area (Å²) in [6, 6.07) is 1.35. The van der Waals surface area contributed by atoms with E-state index in [2.05, 4.69) is 31.0 Å². The van der Waals surface area contributed by atoms with E-state index in [1.807, 2.05) is 0 Å². The molecule has 0 bridgehead atoms. The van der Waals surface area contributed by atoms with Gasteiger partial charge in [-0.3, -0.25) is 4.90 Å². The molecule has 0 aromatic rings. The first-order chi connectivity index (χ1) is 8.69. The van der Waals surface area contributed by atoms with Gasteiger partial charge in [0.1, 0.15) is 0 Å². The summed E-state index contributed by atoms with van der Waals surface area (Å²) in [4.78, 5) is 2.53. The van der Waals surface area contributed by atoms with Crippen LogP contribution in [0.5, 0.6) is 0 Å². The van der Waals surface area contributed by atoms with Crippen LogP contribution in [0.4, 0.5) is 0 Å². The Morgan fingerprint density at radius 2 is 2.11 bits per heavy atom. The lowest BCUT2D eigenvalue weighted by atomic mass is 10.1. The molecule has 3 nitrogen and oxygen atoms in total. The quantitative estimate of drug-likeness (QED) is 0.754. The predicted octanol–water partition coefficient (Wildman–Crippen LogP) is 2.26. The van der Waals surface area contributed by atoms with Crippen molar-refractivity contribution in [3.8, 4) is 0 Å². The Hall–Kier alpha value is -0.120. The molecule has 1 aliphatic carbocycles. The first-order valence-corrected chi connectivity index (χ1v) is 7.78. The fraction of sp³-hybridized carbons (Fsp3) is 1.00. The smallest absolute Gasteiger partial charge is 0.0826 e. The first-order valence-electron chi connectivity index (χ1n) is 7.78. The van der Waals surface area contributed by atoms with Crippen LogP contribution in [-0.4, -0.2) is 49.3 Å². The van der Waals surface area contributed by atoms with Gasteiger partial charge in [-0.1, -0.05) is 19.8 Å². The molecular weight excluding hydrogens is 224 g/mol. The lowest BCUT2D eigenvalue weighted by molar-refractivity contribution is -0.0383. The van der Waals surface area contributed by atoms with Crippen molar-refractivity contribution in [3.63, 3.8) is 0 Å². The van der Waals surface area contributed by atoms with Gasteiger partial charge in [0.15, 0.2) is 0 Å². The third-order valence-electron chi connectivity index (χ3n) is 4.34. The zero-order valence-corrected chi connectivity index (χ0v) is 12.3. The third-order valence-corrected chi connectivity index (χ3v) is 4.34. The average molecular weight is 254 g/mol. The minimum absolute atomic E-state index is 0.384. The fourth-order valence-electron chi connectivity index (χ4n) is 2.78. The molecule has 1 heterocycles. The largest absolute Gasteiger partial charge is 0.374 e. The van der Waals surface area contributed by atoms with Gasteiger partial charge in [0.2, 0.25) is 0 Å².